The Hall–Kier alpha value is -1.89. The van der Waals surface area contributed by atoms with Crippen molar-refractivity contribution in [1.82, 2.24) is 0 Å². The van der Waals surface area contributed by atoms with Crippen molar-refractivity contribution in [2.75, 3.05) is 7.11 Å². The number of aliphatic hydroxyl groups is 3. The van der Waals surface area contributed by atoms with E-state index in [1.54, 1.807) is 6.26 Å². The maximum absolute atomic E-state index is 11.1. The quantitative estimate of drug-likeness (QED) is 0.375. The molecular weight excluding hydrogens is 384 g/mol. The van der Waals surface area contributed by atoms with E-state index in [4.69, 9.17) is 4.42 Å². The lowest BCUT2D eigenvalue weighted by molar-refractivity contribution is -0.140. The molecule has 1 aliphatic rings. The Morgan fingerprint density at radius 3 is 2.60 bits per heavy atom. The van der Waals surface area contributed by atoms with Crippen LogP contribution in [0.3, 0.4) is 0 Å². The number of methoxy groups -OCH3 is 1. The Morgan fingerprint density at radius 1 is 1.10 bits per heavy atom. The fourth-order valence-corrected chi connectivity index (χ4v) is 4.80. The smallest absolute Gasteiger partial charge is 0.305 e. The molecule has 30 heavy (non-hydrogen) atoms. The second-order valence-electron chi connectivity index (χ2n) is 8.54. The minimum absolute atomic E-state index is 0.00220. The summed E-state index contributed by atoms with van der Waals surface area (Å²) < 4.78 is 10.00. The zero-order valence-electron chi connectivity index (χ0n) is 17.7. The standard InChI is InChI=1S/C24H34O6/c1-29-24(28)7-5-3-2-4-6-18-19(22(27)15-21(18)26)9-10-20(25)16-8-11-23-17(14-16)12-13-30-23/h8,11-14,18-22,25-27H,2-7,9-10,15H2,1H3/t18-,19-,20?,21+,22-/m1/s1. The molecule has 3 N–H and O–H groups in total. The zero-order valence-corrected chi connectivity index (χ0v) is 17.7. The van der Waals surface area contributed by atoms with E-state index in [1.807, 2.05) is 24.3 Å². The SMILES string of the molecule is COC(=O)CCCCCC[C@@H]1[C@@H](CCC(O)c2ccc3occc3c2)[C@H](O)C[C@@H]1O. The molecule has 0 radical (unpaired) electrons. The molecule has 0 aliphatic heterocycles. The summed E-state index contributed by atoms with van der Waals surface area (Å²) >= 11 is 0. The predicted molar refractivity (Wildman–Crippen MR) is 114 cm³/mol. The summed E-state index contributed by atoms with van der Waals surface area (Å²) in [6.07, 6.45) is 6.71. The van der Waals surface area contributed by atoms with Crippen LogP contribution in [0.2, 0.25) is 0 Å². The van der Waals surface area contributed by atoms with Gasteiger partial charge in [0.15, 0.2) is 0 Å². The predicted octanol–water partition coefficient (Wildman–Crippen LogP) is 4.12. The van der Waals surface area contributed by atoms with Crippen LogP contribution in [0.1, 0.15) is 69.5 Å². The molecule has 166 valence electrons. The van der Waals surface area contributed by atoms with E-state index in [0.717, 1.165) is 48.6 Å². The minimum atomic E-state index is -0.604. The zero-order chi connectivity index (χ0) is 21.5. The highest BCUT2D eigenvalue weighted by Crippen LogP contribution is 2.40. The van der Waals surface area contributed by atoms with E-state index in [2.05, 4.69) is 4.74 Å². The van der Waals surface area contributed by atoms with Crippen molar-refractivity contribution in [1.29, 1.82) is 0 Å². The third-order valence-corrected chi connectivity index (χ3v) is 6.55. The second kappa shape index (κ2) is 10.9. The van der Waals surface area contributed by atoms with Crippen molar-refractivity contribution < 1.29 is 29.3 Å². The topological polar surface area (TPSA) is 100 Å². The van der Waals surface area contributed by atoms with Crippen LogP contribution in [0.4, 0.5) is 0 Å². The minimum Gasteiger partial charge on any atom is -0.469 e. The van der Waals surface area contributed by atoms with Gasteiger partial charge in [-0.3, -0.25) is 4.79 Å². The highest BCUT2D eigenvalue weighted by atomic mass is 16.5. The maximum Gasteiger partial charge on any atom is 0.305 e. The Bertz CT molecular complexity index is 800. The van der Waals surface area contributed by atoms with Gasteiger partial charge in [-0.2, -0.15) is 0 Å². The lowest BCUT2D eigenvalue weighted by Crippen LogP contribution is -2.23. The summed E-state index contributed by atoms with van der Waals surface area (Å²) in [6.45, 7) is 0. The van der Waals surface area contributed by atoms with Gasteiger partial charge in [0.05, 0.1) is 31.7 Å². The van der Waals surface area contributed by atoms with Crippen LogP contribution >= 0.6 is 0 Å². The van der Waals surface area contributed by atoms with Crippen LogP contribution in [-0.2, 0) is 9.53 Å². The Balaban J connectivity index is 1.46. The normalized spacial score (nSPS) is 24.9. The summed E-state index contributed by atoms with van der Waals surface area (Å²) in [5.74, 6) is -0.110. The van der Waals surface area contributed by atoms with Crippen LogP contribution in [0, 0.1) is 11.8 Å². The molecule has 1 fully saturated rings. The molecule has 0 bridgehead atoms. The van der Waals surface area contributed by atoms with Gasteiger partial charge in [-0.25, -0.2) is 0 Å². The average molecular weight is 419 g/mol. The number of benzene rings is 1. The second-order valence-corrected chi connectivity index (χ2v) is 8.54. The lowest BCUT2D eigenvalue weighted by Gasteiger charge is -2.24. The molecule has 6 nitrogen and oxygen atoms in total. The van der Waals surface area contributed by atoms with Gasteiger partial charge in [0.2, 0.25) is 0 Å². The van der Waals surface area contributed by atoms with Crippen molar-refractivity contribution in [3.05, 3.63) is 36.1 Å². The number of hydrogen-bond acceptors (Lipinski definition) is 6. The van der Waals surface area contributed by atoms with Gasteiger partial charge in [-0.1, -0.05) is 25.3 Å². The van der Waals surface area contributed by atoms with Gasteiger partial charge in [0.1, 0.15) is 5.58 Å². The molecule has 0 spiro atoms. The molecule has 0 amide bonds. The summed E-state index contributed by atoms with van der Waals surface area (Å²) in [4.78, 5) is 11.1. The highest BCUT2D eigenvalue weighted by molar-refractivity contribution is 5.77. The van der Waals surface area contributed by atoms with Crippen molar-refractivity contribution in [3.63, 3.8) is 0 Å². The van der Waals surface area contributed by atoms with Crippen molar-refractivity contribution in [2.45, 2.75) is 76.1 Å². The fraction of sp³-hybridized carbons (Fsp3) is 0.625. The van der Waals surface area contributed by atoms with Gasteiger partial charge in [-0.05, 0) is 67.7 Å². The molecule has 1 saturated carbocycles. The maximum atomic E-state index is 11.1. The third kappa shape index (κ3) is 5.84. The molecule has 1 aliphatic carbocycles. The first-order valence-corrected chi connectivity index (χ1v) is 11.1. The molecule has 5 atom stereocenters. The van der Waals surface area contributed by atoms with Crippen molar-refractivity contribution in [2.24, 2.45) is 11.8 Å². The fourth-order valence-electron chi connectivity index (χ4n) is 4.80. The average Bonchev–Trinajstić information content (AvgIpc) is 3.31. The number of carbonyl (C=O) groups is 1. The summed E-state index contributed by atoms with van der Waals surface area (Å²) in [5.41, 5.74) is 1.64. The molecule has 1 aromatic carbocycles. The van der Waals surface area contributed by atoms with Gasteiger partial charge >= 0.3 is 5.97 Å². The number of aliphatic hydroxyl groups excluding tert-OH is 3. The summed E-state index contributed by atoms with van der Waals surface area (Å²) in [5, 5.41) is 32.5. The van der Waals surface area contributed by atoms with E-state index in [1.165, 1.54) is 7.11 Å². The van der Waals surface area contributed by atoms with Crippen molar-refractivity contribution >= 4 is 16.9 Å². The molecule has 1 heterocycles. The first kappa shape index (κ1) is 22.8. The van der Waals surface area contributed by atoms with Crippen LogP contribution in [-0.4, -0.2) is 40.6 Å². The first-order valence-electron chi connectivity index (χ1n) is 11.1. The molecule has 2 aromatic rings. The van der Waals surface area contributed by atoms with Gasteiger partial charge in [-0.15, -0.1) is 0 Å². The highest BCUT2D eigenvalue weighted by Gasteiger charge is 2.40. The first-order chi connectivity index (χ1) is 14.5. The molecule has 1 unspecified atom stereocenters. The van der Waals surface area contributed by atoms with E-state index < -0.39 is 18.3 Å². The third-order valence-electron chi connectivity index (χ3n) is 6.55. The summed E-state index contributed by atoms with van der Waals surface area (Å²) in [6, 6.07) is 7.56. The molecular formula is C24H34O6. The van der Waals surface area contributed by atoms with E-state index in [-0.39, 0.29) is 17.8 Å². The number of fused-ring (bicyclic) bond motifs is 1. The number of carbonyl (C=O) groups excluding carboxylic acids is 1. The number of ether oxygens (including phenoxy) is 1. The molecule has 6 heteroatoms. The van der Waals surface area contributed by atoms with Gasteiger partial charge < -0.3 is 24.5 Å². The van der Waals surface area contributed by atoms with Crippen LogP contribution in [0.25, 0.3) is 11.0 Å². The van der Waals surface area contributed by atoms with Crippen molar-refractivity contribution in [3.8, 4) is 0 Å². The van der Waals surface area contributed by atoms with Crippen LogP contribution in [0.5, 0.6) is 0 Å². The number of furan rings is 1. The number of esters is 1. The van der Waals surface area contributed by atoms with Crippen LogP contribution in [0.15, 0.2) is 34.9 Å². The Morgan fingerprint density at radius 2 is 1.83 bits per heavy atom. The molecule has 1 aromatic heterocycles. The largest absolute Gasteiger partial charge is 0.469 e. The van der Waals surface area contributed by atoms with Crippen LogP contribution < -0.4 is 0 Å². The summed E-state index contributed by atoms with van der Waals surface area (Å²) in [7, 11) is 1.40. The monoisotopic (exact) mass is 418 g/mol. The lowest BCUT2D eigenvalue weighted by atomic mass is 9.84. The Labute approximate surface area is 177 Å². The number of rotatable bonds is 11. The van der Waals surface area contributed by atoms with Gasteiger partial charge in [0, 0.05) is 11.8 Å². The molecule has 3 rings (SSSR count). The van der Waals surface area contributed by atoms with Gasteiger partial charge in [0.25, 0.3) is 0 Å². The van der Waals surface area contributed by atoms with E-state index in [0.29, 0.717) is 25.7 Å². The number of unbranched alkanes of at least 4 members (excludes halogenated alkanes) is 3. The van der Waals surface area contributed by atoms with E-state index in [9.17, 15) is 20.1 Å². The molecule has 0 saturated heterocycles. The van der Waals surface area contributed by atoms with E-state index >= 15 is 0 Å². The number of hydrogen-bond donors (Lipinski definition) is 3. The Kier molecular flexibility index (Phi) is 8.31.